The number of rotatable bonds is 9. The average molecular weight is 492 g/mol. The molecule has 0 aromatic heterocycles. The number of carboxylic acids is 3. The van der Waals surface area contributed by atoms with Crippen LogP contribution in [0.5, 0.6) is 0 Å². The zero-order chi connectivity index (χ0) is 25.2. The van der Waals surface area contributed by atoms with E-state index in [4.69, 9.17) is 5.11 Å². The molecule has 2 heterocycles. The lowest BCUT2D eigenvalue weighted by Crippen LogP contribution is -2.35. The first-order valence-corrected chi connectivity index (χ1v) is 11.4. The highest BCUT2D eigenvalue weighted by atomic mass is 32.2. The lowest BCUT2D eigenvalue weighted by molar-refractivity contribution is -0.142. The van der Waals surface area contributed by atoms with Gasteiger partial charge in [0.25, 0.3) is 0 Å². The van der Waals surface area contributed by atoms with Crippen LogP contribution in [0.3, 0.4) is 0 Å². The molecule has 34 heavy (non-hydrogen) atoms. The van der Waals surface area contributed by atoms with Gasteiger partial charge in [0.05, 0.1) is 22.9 Å². The summed E-state index contributed by atoms with van der Waals surface area (Å²) in [6.07, 6.45) is 0.380. The minimum atomic E-state index is -1.42. The molecule has 11 nitrogen and oxygen atoms in total. The predicted octanol–water partition coefficient (Wildman–Crippen LogP) is 1.47. The number of carboxylic acid groups (broad SMARTS) is 3. The van der Waals surface area contributed by atoms with Gasteiger partial charge >= 0.3 is 17.9 Å². The number of aliphatic imine (C=N–C) groups is 1. The van der Waals surface area contributed by atoms with E-state index in [1.165, 1.54) is 30.0 Å². The summed E-state index contributed by atoms with van der Waals surface area (Å²) in [7, 11) is 0. The fourth-order valence-corrected chi connectivity index (χ4v) is 5.79. The van der Waals surface area contributed by atoms with Crippen LogP contribution < -0.4 is 10.6 Å². The van der Waals surface area contributed by atoms with Crippen LogP contribution in [-0.2, 0) is 14.4 Å². The summed E-state index contributed by atoms with van der Waals surface area (Å²) < 4.78 is 0. The van der Waals surface area contributed by atoms with E-state index >= 15 is 0 Å². The van der Waals surface area contributed by atoms with Crippen LogP contribution >= 0.6 is 11.8 Å². The number of amides is 1. The normalized spacial score (nSPS) is 27.0. The van der Waals surface area contributed by atoms with Gasteiger partial charge < -0.3 is 31.1 Å². The minimum absolute atomic E-state index is 0.0427. The van der Waals surface area contributed by atoms with Gasteiger partial charge in [-0.1, -0.05) is 19.6 Å². The zero-order valence-corrected chi connectivity index (χ0v) is 19.0. The first kappa shape index (κ1) is 25.2. The van der Waals surface area contributed by atoms with Gasteiger partial charge in [0.1, 0.15) is 17.4 Å². The van der Waals surface area contributed by atoms with Crippen molar-refractivity contribution in [3.63, 3.8) is 0 Å². The number of hydrogen-bond donors (Lipinski definition) is 6. The Morgan fingerprint density at radius 3 is 2.47 bits per heavy atom. The van der Waals surface area contributed by atoms with Crippen molar-refractivity contribution in [2.45, 2.75) is 35.9 Å². The number of aromatic carboxylic acids is 1. The third kappa shape index (κ3) is 5.39. The van der Waals surface area contributed by atoms with Crippen molar-refractivity contribution in [2.24, 2.45) is 16.8 Å². The van der Waals surface area contributed by atoms with Crippen LogP contribution in [0.2, 0.25) is 0 Å². The summed E-state index contributed by atoms with van der Waals surface area (Å²) >= 11 is 1.30. The third-order valence-electron chi connectivity index (χ3n) is 5.88. The molecule has 1 unspecified atom stereocenters. The van der Waals surface area contributed by atoms with Gasteiger partial charge in [0.15, 0.2) is 0 Å². The predicted molar refractivity (Wildman–Crippen MR) is 125 cm³/mol. The number of aliphatic hydroxyl groups excluding tert-OH is 1. The molecule has 0 radical (unpaired) electrons. The number of carbonyl (C=O) groups excluding carboxylic acids is 1. The molecule has 1 saturated heterocycles. The molecule has 0 bridgehead atoms. The van der Waals surface area contributed by atoms with E-state index in [2.05, 4.69) is 22.2 Å². The van der Waals surface area contributed by atoms with Gasteiger partial charge in [-0.3, -0.25) is 14.6 Å². The second-order valence-electron chi connectivity index (χ2n) is 8.23. The summed E-state index contributed by atoms with van der Waals surface area (Å²) in [5.74, 6) is -6.58. The van der Waals surface area contributed by atoms with Gasteiger partial charge in [0.2, 0.25) is 5.91 Å². The number of nitrogens with one attached hydrogen (secondary N) is 2. The van der Waals surface area contributed by atoms with Gasteiger partial charge in [-0.25, -0.2) is 9.59 Å². The number of aliphatic hydroxyl groups is 1. The highest BCUT2D eigenvalue weighted by Gasteiger charge is 2.47. The van der Waals surface area contributed by atoms with Crippen LogP contribution in [0.1, 0.15) is 23.7 Å². The van der Waals surface area contributed by atoms with E-state index in [9.17, 15) is 34.5 Å². The monoisotopic (exact) mass is 491 g/mol. The van der Waals surface area contributed by atoms with Gasteiger partial charge in [-0.05, 0) is 30.5 Å². The van der Waals surface area contributed by atoms with Crippen molar-refractivity contribution in [2.75, 3.05) is 11.9 Å². The molecule has 12 heteroatoms. The molecule has 1 aromatic carbocycles. The molecule has 1 aromatic rings. The molecular formula is C22H25N3O8S. The molecular weight excluding hydrogens is 466 g/mol. The highest BCUT2D eigenvalue weighted by Crippen LogP contribution is 2.40. The third-order valence-corrected chi connectivity index (χ3v) is 7.57. The summed E-state index contributed by atoms with van der Waals surface area (Å²) in [4.78, 5) is 51.3. The lowest BCUT2D eigenvalue weighted by Gasteiger charge is -2.25. The topological polar surface area (TPSA) is 186 Å². The Hall–Kier alpha value is -3.38. The van der Waals surface area contributed by atoms with Crippen LogP contribution in [0, 0.1) is 11.8 Å². The van der Waals surface area contributed by atoms with Crippen LogP contribution in [0.25, 0.3) is 0 Å². The standard InChI is InChI=1S/C22H25N3O8S/c1-9-16(15(10(2)26)21(30)31)25-17(22(32)33)18(9)34-13-7-14(23-8-13)19(27)24-12-5-3-4-11(6-12)20(28)29/h3-6,9,13-16,18,23,26H,2,7-8H2,1H3,(H,24,27)(H,28,29)(H,30,31)(H,32,33)/t9-,13+,14+,15-,16-,18?/m1/s1. The van der Waals surface area contributed by atoms with Crippen LogP contribution in [-0.4, -0.2) is 79.1 Å². The Kier molecular flexibility index (Phi) is 7.62. The number of nitrogens with zero attached hydrogens (tertiary/aromatic N) is 1. The second-order valence-corrected chi connectivity index (χ2v) is 9.67. The summed E-state index contributed by atoms with van der Waals surface area (Å²) in [6, 6.07) is 4.31. The Morgan fingerprint density at radius 2 is 1.88 bits per heavy atom. The van der Waals surface area contributed by atoms with Gasteiger partial charge in [-0.2, -0.15) is 0 Å². The lowest BCUT2D eigenvalue weighted by atomic mass is 9.88. The van der Waals surface area contributed by atoms with E-state index in [1.54, 1.807) is 13.0 Å². The molecule has 6 N–H and O–H groups in total. The van der Waals surface area contributed by atoms with E-state index < -0.39 is 52.8 Å². The quantitative estimate of drug-likeness (QED) is 0.276. The molecule has 3 rings (SSSR count). The molecule has 0 aliphatic carbocycles. The van der Waals surface area contributed by atoms with Crippen molar-refractivity contribution in [3.05, 3.63) is 42.2 Å². The SMILES string of the molecule is C=C(O)[C@@H](C(=O)O)[C@@H]1N=C(C(=O)O)C(S[C@@H]2CN[C@H](C(=O)Nc3cccc(C(=O)O)c3)C2)[C@@H]1C. The Labute approximate surface area is 199 Å². The number of carbonyl (C=O) groups is 4. The van der Waals surface area contributed by atoms with Crippen molar-refractivity contribution in [1.29, 1.82) is 0 Å². The van der Waals surface area contributed by atoms with Crippen molar-refractivity contribution in [3.8, 4) is 0 Å². The number of hydrogen-bond acceptors (Lipinski definition) is 8. The molecule has 1 fully saturated rings. The highest BCUT2D eigenvalue weighted by molar-refractivity contribution is 8.01. The van der Waals surface area contributed by atoms with Crippen LogP contribution in [0.4, 0.5) is 5.69 Å². The Balaban J connectivity index is 1.66. The fourth-order valence-electron chi connectivity index (χ4n) is 4.18. The summed E-state index contributed by atoms with van der Waals surface area (Å²) in [6.45, 7) is 5.39. The largest absolute Gasteiger partial charge is 0.512 e. The number of thioether (sulfide) groups is 1. The average Bonchev–Trinajstić information content (AvgIpc) is 3.34. The van der Waals surface area contributed by atoms with E-state index in [1.807, 2.05) is 0 Å². The maximum Gasteiger partial charge on any atom is 0.350 e. The number of anilines is 1. The van der Waals surface area contributed by atoms with Crippen molar-refractivity contribution >= 4 is 47.0 Å². The second kappa shape index (κ2) is 10.3. The summed E-state index contributed by atoms with van der Waals surface area (Å²) in [5.41, 5.74) is 0.216. The maximum atomic E-state index is 12.7. The van der Waals surface area contributed by atoms with Gasteiger partial charge in [0, 0.05) is 17.5 Å². The molecule has 6 atom stereocenters. The maximum absolute atomic E-state index is 12.7. The first-order valence-electron chi connectivity index (χ1n) is 10.4. The first-order chi connectivity index (χ1) is 16.0. The van der Waals surface area contributed by atoms with Crippen molar-refractivity contribution < 1.29 is 39.6 Å². The molecule has 0 spiro atoms. The molecule has 1 amide bonds. The Bertz CT molecular complexity index is 1040. The van der Waals surface area contributed by atoms with E-state index in [-0.39, 0.29) is 22.4 Å². The minimum Gasteiger partial charge on any atom is -0.512 e. The number of benzene rings is 1. The van der Waals surface area contributed by atoms with E-state index in [0.29, 0.717) is 18.7 Å². The smallest absolute Gasteiger partial charge is 0.350 e. The molecule has 2 aliphatic heterocycles. The molecule has 2 aliphatic rings. The van der Waals surface area contributed by atoms with Crippen molar-refractivity contribution in [1.82, 2.24) is 5.32 Å². The van der Waals surface area contributed by atoms with E-state index in [0.717, 1.165) is 0 Å². The zero-order valence-electron chi connectivity index (χ0n) is 18.2. The van der Waals surface area contributed by atoms with Gasteiger partial charge in [-0.15, -0.1) is 11.8 Å². The summed E-state index contributed by atoms with van der Waals surface area (Å²) in [5, 5.41) is 42.9. The Morgan fingerprint density at radius 1 is 1.18 bits per heavy atom. The molecule has 0 saturated carbocycles. The van der Waals surface area contributed by atoms with Crippen LogP contribution in [0.15, 0.2) is 41.6 Å². The number of aliphatic carboxylic acids is 2. The fraction of sp³-hybridized carbons (Fsp3) is 0.409. The molecule has 182 valence electrons.